The van der Waals surface area contributed by atoms with Crippen molar-refractivity contribution < 1.29 is 66.4 Å². The fourth-order valence-corrected chi connectivity index (χ4v) is 0. The third-order valence-corrected chi connectivity index (χ3v) is 0. The summed E-state index contributed by atoms with van der Waals surface area (Å²) in [5, 5.41) is 0. The molecule has 5 heteroatoms. The molecule has 0 aliphatic carbocycles. The van der Waals surface area contributed by atoms with E-state index in [1.807, 2.05) is 0 Å². The van der Waals surface area contributed by atoms with Gasteiger partial charge in [-0.25, -0.2) is 0 Å². The molecule has 0 amide bonds. The zero-order chi connectivity index (χ0) is 3.58. The van der Waals surface area contributed by atoms with Gasteiger partial charge in [-0.15, -0.1) is 0 Å². The van der Waals surface area contributed by atoms with Gasteiger partial charge in [0.15, 0.2) is 0 Å². The molecule has 0 saturated carbocycles. The number of rotatable bonds is 0. The number of halogens is 3. The second-order valence-electron chi connectivity index (χ2n) is 0.136. The Morgan fingerprint density at radius 3 is 1.00 bits per heavy atom. The summed E-state index contributed by atoms with van der Waals surface area (Å²) in [5.74, 6) is 0. The molecule has 0 rings (SSSR count). The van der Waals surface area contributed by atoms with E-state index in [9.17, 15) is 0 Å². The van der Waals surface area contributed by atoms with Crippen LogP contribution < -0.4 is 0 Å². The molecule has 0 aliphatic rings. The maximum Gasteiger partial charge on any atom is 0 e. The van der Waals surface area contributed by atoms with Gasteiger partial charge in [0.05, 0.1) is 0 Å². The average Bonchev–Trinajstić information content (AvgIpc) is 0.811. The monoisotopic (exact) mass is 428 g/mol. The molecule has 0 saturated heterocycles. The van der Waals surface area contributed by atoms with E-state index in [0.29, 0.717) is 0 Å². The fourth-order valence-electron chi connectivity index (χ4n) is 0. The van der Waals surface area contributed by atoms with Gasteiger partial charge in [0, 0.05) is 38.6 Å². The van der Waals surface area contributed by atoms with Crippen molar-refractivity contribution in [3.63, 3.8) is 0 Å². The second kappa shape index (κ2) is 7.43. The Balaban J connectivity index is 0. The third kappa shape index (κ3) is 18.6. The summed E-state index contributed by atoms with van der Waals surface area (Å²) < 4.78 is 0. The topological polar surface area (TPSA) is 0 Å². The van der Waals surface area contributed by atoms with Crippen LogP contribution in [0.3, 0.4) is 0 Å². The van der Waals surface area contributed by atoms with Gasteiger partial charge in [0.25, 0.3) is 0 Å². The molecule has 0 nitrogen and oxygen atoms in total. The molecule has 1 radical (unpaired) electrons. The summed E-state index contributed by atoms with van der Waals surface area (Å²) in [4.78, 5) is 0. The summed E-state index contributed by atoms with van der Waals surface area (Å²) in [6.45, 7) is 0. The second-order valence-corrected chi connectivity index (χ2v) is 9.05. The first kappa shape index (κ1) is 11.3. The largest absolute Gasteiger partial charge is 0 e. The standard InChI is InChI=1S/3ClH.Dy.Tb/h3*1H;;/q;;;+3;/p-3. The first-order valence-electron chi connectivity index (χ1n) is 0.359. The van der Waals surface area contributed by atoms with E-state index in [1.54, 1.807) is 0 Å². The van der Waals surface area contributed by atoms with E-state index < -0.39 is 27.7 Å². The first-order valence-corrected chi connectivity index (χ1v) is 7.98. The van der Waals surface area contributed by atoms with Gasteiger partial charge >= 0.3 is 46.7 Å². The van der Waals surface area contributed by atoms with Crippen molar-refractivity contribution in [2.24, 2.45) is 0 Å². The van der Waals surface area contributed by atoms with Crippen LogP contribution in [0.25, 0.3) is 0 Å². The molecule has 0 N–H and O–H groups in total. The van der Waals surface area contributed by atoms with Gasteiger partial charge in [-0.3, -0.25) is 0 Å². The molecule has 0 aromatic heterocycles. The predicted octanol–water partition coefficient (Wildman–Crippen LogP) is 2.07. The summed E-state index contributed by atoms with van der Waals surface area (Å²) in [6.07, 6.45) is 14.9. The van der Waals surface area contributed by atoms with Crippen LogP contribution in [0.5, 0.6) is 0 Å². The minimum absolute atomic E-state index is 0. The van der Waals surface area contributed by atoms with E-state index >= 15 is 0 Å². The Hall–Kier alpha value is 3.43. The summed E-state index contributed by atoms with van der Waals surface area (Å²) in [6, 6.07) is 0. The van der Waals surface area contributed by atoms with Gasteiger partial charge in [-0.05, 0) is 0 Å². The van der Waals surface area contributed by atoms with Gasteiger partial charge in [0.1, 0.15) is 0 Å². The Morgan fingerprint density at radius 2 is 1.00 bits per heavy atom. The van der Waals surface area contributed by atoms with Crippen molar-refractivity contribution in [1.82, 2.24) is 0 Å². The third-order valence-electron chi connectivity index (χ3n) is 0. The van der Waals surface area contributed by atoms with Gasteiger partial charge < -0.3 is 0 Å². The smallest absolute Gasteiger partial charge is 0 e. The van der Waals surface area contributed by atoms with Crippen molar-refractivity contribution in [2.75, 3.05) is 0 Å². The van der Waals surface area contributed by atoms with Crippen LogP contribution >= 0.6 is 18.9 Å². The maximum absolute atomic E-state index is 4.96. The Labute approximate surface area is 82.6 Å². The predicted molar refractivity (Wildman–Crippen MR) is 17.6 cm³/mol. The summed E-state index contributed by atoms with van der Waals surface area (Å²) in [7, 11) is 0. The molecule has 0 atom stereocenters. The summed E-state index contributed by atoms with van der Waals surface area (Å²) >= 11 is -1.85. The molecule has 0 fully saturated rings. The van der Waals surface area contributed by atoms with Crippen LogP contribution in [0.15, 0.2) is 0 Å². The van der Waals surface area contributed by atoms with E-state index in [-0.39, 0.29) is 38.6 Å². The molecular weight excluding hydrogens is 428 g/mol. The van der Waals surface area contributed by atoms with Crippen molar-refractivity contribution in [3.05, 3.63) is 0 Å². The average molecular weight is 428 g/mol. The molecule has 5 heavy (non-hydrogen) atoms. The molecular formula is Cl3DyTb. The quantitative estimate of drug-likeness (QED) is 0.555. The van der Waals surface area contributed by atoms with Gasteiger partial charge in [-0.1, -0.05) is 0 Å². The molecule has 0 spiro atoms. The van der Waals surface area contributed by atoms with Crippen molar-refractivity contribution in [1.29, 1.82) is 0 Å². The van der Waals surface area contributed by atoms with E-state index in [2.05, 4.69) is 0 Å². The SMILES string of the molecule is [Cl][Dy]([Cl])[Cl].[Tb]. The zero-order valence-electron chi connectivity index (χ0n) is 1.78. The van der Waals surface area contributed by atoms with Crippen molar-refractivity contribution in [2.45, 2.75) is 0 Å². The minimum Gasteiger partial charge on any atom is 0 e. The van der Waals surface area contributed by atoms with Crippen LogP contribution in [-0.4, -0.2) is 0 Å². The fraction of sp³-hybridized carbons (Fsp3) is 0. The first-order chi connectivity index (χ1) is 1.73. The normalized spacial score (nSPS) is 9.00. The van der Waals surface area contributed by atoms with Crippen LogP contribution in [0.2, 0.25) is 0 Å². The zero-order valence-corrected chi connectivity index (χ0v) is 8.22. The minimum atomic E-state index is -1.85. The molecule has 0 unspecified atom stereocenters. The van der Waals surface area contributed by atoms with Crippen LogP contribution in [0.1, 0.15) is 0 Å². The van der Waals surface area contributed by atoms with Gasteiger partial charge in [-0.2, -0.15) is 0 Å². The Morgan fingerprint density at radius 1 is 1.00 bits per heavy atom. The molecule has 0 aromatic rings. The molecule has 0 aromatic carbocycles. The molecule has 40 valence electrons. The molecule has 0 aliphatic heterocycles. The maximum atomic E-state index is 4.96. The number of hydrogen-bond acceptors (Lipinski definition) is 0. The van der Waals surface area contributed by atoms with Gasteiger partial charge in [0.2, 0.25) is 0 Å². The van der Waals surface area contributed by atoms with Crippen LogP contribution in [0.4, 0.5) is 0 Å². The van der Waals surface area contributed by atoms with E-state index in [0.717, 1.165) is 0 Å². The number of hydrogen-bond donors (Lipinski definition) is 0. The Bertz CT molecular complexity index is 11.6. The van der Waals surface area contributed by atoms with Crippen molar-refractivity contribution >= 4 is 18.9 Å². The summed E-state index contributed by atoms with van der Waals surface area (Å²) in [5.41, 5.74) is 0. The van der Waals surface area contributed by atoms with Crippen LogP contribution in [0, 0.1) is 66.4 Å². The Kier molecular flexibility index (Phi) is 16.7. The molecule has 0 heterocycles. The molecule has 0 bridgehead atoms. The van der Waals surface area contributed by atoms with E-state index in [1.165, 1.54) is 0 Å². The van der Waals surface area contributed by atoms with Crippen molar-refractivity contribution in [3.8, 4) is 0 Å². The van der Waals surface area contributed by atoms with Crippen LogP contribution in [-0.2, 0) is 0 Å². The van der Waals surface area contributed by atoms with E-state index in [4.69, 9.17) is 18.9 Å².